The minimum atomic E-state index is -3.80. The van der Waals surface area contributed by atoms with Crippen molar-refractivity contribution in [3.8, 4) is 0 Å². The first-order valence-electron chi connectivity index (χ1n) is 8.61. The van der Waals surface area contributed by atoms with Gasteiger partial charge in [0.05, 0.1) is 11.2 Å². The molecule has 1 amide bonds. The number of benzene rings is 1. The largest absolute Gasteiger partial charge is 0.327 e. The molecular weight excluding hydrogens is 406 g/mol. The van der Waals surface area contributed by atoms with E-state index < -0.39 is 26.0 Å². The van der Waals surface area contributed by atoms with Gasteiger partial charge in [-0.05, 0) is 37.1 Å². The van der Waals surface area contributed by atoms with E-state index in [-0.39, 0.29) is 16.5 Å². The summed E-state index contributed by atoms with van der Waals surface area (Å²) in [5.41, 5.74) is 0.388. The molecular formula is C16H21N5O5S2. The van der Waals surface area contributed by atoms with E-state index in [1.165, 1.54) is 45.7 Å². The van der Waals surface area contributed by atoms with E-state index in [4.69, 9.17) is 5.14 Å². The molecule has 0 bridgehead atoms. The Morgan fingerprint density at radius 1 is 1.07 bits per heavy atom. The van der Waals surface area contributed by atoms with Crippen molar-refractivity contribution >= 4 is 31.6 Å². The number of piperidine rings is 1. The number of aromatic nitrogens is 2. The zero-order chi connectivity index (χ0) is 20.4. The van der Waals surface area contributed by atoms with Crippen molar-refractivity contribution in [2.75, 3.05) is 18.4 Å². The van der Waals surface area contributed by atoms with Crippen LogP contribution in [0.4, 0.5) is 5.69 Å². The number of sulfonamides is 2. The van der Waals surface area contributed by atoms with Gasteiger partial charge in [-0.2, -0.15) is 4.31 Å². The van der Waals surface area contributed by atoms with Crippen molar-refractivity contribution in [2.45, 2.75) is 35.7 Å². The summed E-state index contributed by atoms with van der Waals surface area (Å²) >= 11 is 0. The van der Waals surface area contributed by atoms with Gasteiger partial charge in [0.25, 0.3) is 10.0 Å². The second-order valence-corrected chi connectivity index (χ2v) is 9.91. The molecule has 2 aromatic rings. The van der Waals surface area contributed by atoms with E-state index in [2.05, 4.69) is 10.3 Å². The van der Waals surface area contributed by atoms with Crippen molar-refractivity contribution in [3.05, 3.63) is 36.8 Å². The van der Waals surface area contributed by atoms with Crippen molar-refractivity contribution < 1.29 is 21.6 Å². The highest BCUT2D eigenvalue weighted by Crippen LogP contribution is 2.19. The van der Waals surface area contributed by atoms with Crippen LogP contribution < -0.4 is 10.5 Å². The van der Waals surface area contributed by atoms with Crippen LogP contribution in [0.3, 0.4) is 0 Å². The Morgan fingerprint density at radius 2 is 1.71 bits per heavy atom. The van der Waals surface area contributed by atoms with E-state index >= 15 is 0 Å². The van der Waals surface area contributed by atoms with Crippen LogP contribution in [0.15, 0.2) is 46.7 Å². The number of nitrogens with zero attached hydrogens (tertiary/aromatic N) is 3. The lowest BCUT2D eigenvalue weighted by molar-refractivity contribution is -0.116. The van der Waals surface area contributed by atoms with Crippen LogP contribution in [0, 0.1) is 0 Å². The molecule has 1 aromatic carbocycles. The third kappa shape index (κ3) is 4.76. The van der Waals surface area contributed by atoms with Gasteiger partial charge in [0.15, 0.2) is 5.03 Å². The Hall–Kier alpha value is -2.28. The predicted octanol–water partition coefficient (Wildman–Crippen LogP) is 0.344. The number of hydrogen-bond acceptors (Lipinski definition) is 6. The van der Waals surface area contributed by atoms with Crippen LogP contribution in [0.5, 0.6) is 0 Å². The van der Waals surface area contributed by atoms with Crippen LogP contribution in [0.25, 0.3) is 0 Å². The highest BCUT2D eigenvalue weighted by atomic mass is 32.2. The third-order valence-corrected chi connectivity index (χ3v) is 7.04. The number of rotatable bonds is 6. The van der Waals surface area contributed by atoms with Gasteiger partial charge in [-0.15, -0.1) is 0 Å². The minimum absolute atomic E-state index is 0.0623. The molecule has 152 valence electrons. The van der Waals surface area contributed by atoms with Gasteiger partial charge in [-0.3, -0.25) is 4.79 Å². The van der Waals surface area contributed by atoms with Crippen molar-refractivity contribution in [3.63, 3.8) is 0 Å². The number of primary sulfonamides is 1. The maximum Gasteiger partial charge on any atom is 0.262 e. The molecule has 3 rings (SSSR count). The van der Waals surface area contributed by atoms with E-state index in [1.54, 1.807) is 0 Å². The molecule has 0 atom stereocenters. The summed E-state index contributed by atoms with van der Waals surface area (Å²) in [5, 5.41) is 7.54. The number of carbonyl (C=O) groups excluding carboxylic acids is 1. The van der Waals surface area contributed by atoms with Crippen molar-refractivity contribution in [1.29, 1.82) is 0 Å². The molecule has 2 heterocycles. The normalized spacial score (nSPS) is 16.0. The van der Waals surface area contributed by atoms with Crippen molar-refractivity contribution in [1.82, 2.24) is 13.9 Å². The predicted molar refractivity (Wildman–Crippen MR) is 101 cm³/mol. The monoisotopic (exact) mass is 427 g/mol. The van der Waals surface area contributed by atoms with E-state index in [9.17, 15) is 21.6 Å². The van der Waals surface area contributed by atoms with Crippen LogP contribution in [0.2, 0.25) is 0 Å². The number of hydrogen-bond donors (Lipinski definition) is 2. The summed E-state index contributed by atoms with van der Waals surface area (Å²) < 4.78 is 50.4. The molecule has 3 N–H and O–H groups in total. The molecule has 1 aliphatic heterocycles. The second-order valence-electron chi connectivity index (χ2n) is 6.47. The van der Waals surface area contributed by atoms with Crippen LogP contribution in [-0.4, -0.2) is 49.7 Å². The van der Waals surface area contributed by atoms with E-state index in [0.29, 0.717) is 18.8 Å². The number of imidazole rings is 1. The number of carbonyl (C=O) groups is 1. The van der Waals surface area contributed by atoms with Gasteiger partial charge >= 0.3 is 0 Å². The van der Waals surface area contributed by atoms with Crippen molar-refractivity contribution in [2.24, 2.45) is 5.14 Å². The number of nitrogens with two attached hydrogens (primary N) is 1. The first kappa shape index (κ1) is 20.5. The zero-order valence-corrected chi connectivity index (χ0v) is 16.6. The fourth-order valence-corrected chi connectivity index (χ4v) is 4.86. The Bertz CT molecular complexity index is 1060. The second kappa shape index (κ2) is 7.99. The molecule has 0 spiro atoms. The smallest absolute Gasteiger partial charge is 0.262 e. The third-order valence-electron chi connectivity index (χ3n) is 4.32. The van der Waals surface area contributed by atoms with E-state index in [0.717, 1.165) is 19.3 Å². The quantitative estimate of drug-likeness (QED) is 0.680. The molecule has 1 aliphatic rings. The molecule has 1 fully saturated rings. The lowest BCUT2D eigenvalue weighted by atomic mass is 10.2. The zero-order valence-electron chi connectivity index (χ0n) is 15.0. The molecule has 1 saturated heterocycles. The molecule has 10 nitrogen and oxygen atoms in total. The first-order chi connectivity index (χ1) is 13.2. The standard InChI is InChI=1S/C16H21N5O5S2/c17-27(23,24)14-6-4-13(5-7-14)19-15(22)10-20-11-16(18-12-20)28(25,26)21-8-2-1-3-9-21/h4-7,11-12H,1-3,8-10H2,(H,19,22)(H2,17,23,24). The van der Waals surface area contributed by atoms with Crippen LogP contribution in [-0.2, 0) is 31.4 Å². The summed E-state index contributed by atoms with van der Waals surface area (Å²) in [4.78, 5) is 16.0. The first-order valence-corrected chi connectivity index (χ1v) is 11.6. The van der Waals surface area contributed by atoms with Gasteiger partial charge in [0.2, 0.25) is 15.9 Å². The average Bonchev–Trinajstić information content (AvgIpc) is 3.11. The lowest BCUT2D eigenvalue weighted by Crippen LogP contribution is -2.35. The topological polar surface area (TPSA) is 144 Å². The Balaban J connectivity index is 1.64. The highest BCUT2D eigenvalue weighted by molar-refractivity contribution is 7.89. The summed E-state index contributed by atoms with van der Waals surface area (Å²) in [5.74, 6) is -0.414. The summed E-state index contributed by atoms with van der Waals surface area (Å²) in [6, 6.07) is 5.40. The Labute approximate surface area is 163 Å². The number of nitrogens with one attached hydrogen (secondary N) is 1. The lowest BCUT2D eigenvalue weighted by Gasteiger charge is -2.24. The summed E-state index contributed by atoms with van der Waals surface area (Å²) in [6.45, 7) is 0.813. The van der Waals surface area contributed by atoms with Gasteiger partial charge < -0.3 is 9.88 Å². The van der Waals surface area contributed by atoms with Crippen LogP contribution >= 0.6 is 0 Å². The summed E-state index contributed by atoms with van der Waals surface area (Å²) in [6.07, 6.45) is 5.28. The Morgan fingerprint density at radius 3 is 2.32 bits per heavy atom. The molecule has 0 unspecified atom stereocenters. The maximum absolute atomic E-state index is 12.6. The molecule has 1 aromatic heterocycles. The summed E-state index contributed by atoms with van der Waals surface area (Å²) in [7, 11) is -7.46. The van der Waals surface area contributed by atoms with Crippen LogP contribution in [0.1, 0.15) is 19.3 Å². The SMILES string of the molecule is NS(=O)(=O)c1ccc(NC(=O)Cn2cnc(S(=O)(=O)N3CCCCC3)c2)cc1. The van der Waals surface area contributed by atoms with Gasteiger partial charge in [0.1, 0.15) is 6.54 Å². The minimum Gasteiger partial charge on any atom is -0.327 e. The highest BCUT2D eigenvalue weighted by Gasteiger charge is 2.28. The van der Waals surface area contributed by atoms with E-state index in [1.807, 2.05) is 0 Å². The number of amides is 1. The Kier molecular flexibility index (Phi) is 5.84. The van der Waals surface area contributed by atoms with Gasteiger partial charge in [-0.1, -0.05) is 6.42 Å². The molecule has 12 heteroatoms. The number of anilines is 1. The molecule has 28 heavy (non-hydrogen) atoms. The molecule has 0 saturated carbocycles. The fourth-order valence-electron chi connectivity index (χ4n) is 2.89. The molecule has 0 radical (unpaired) electrons. The average molecular weight is 428 g/mol. The van der Waals surface area contributed by atoms with Gasteiger partial charge in [-0.25, -0.2) is 27.0 Å². The van der Waals surface area contributed by atoms with Gasteiger partial charge in [0, 0.05) is 25.0 Å². The fraction of sp³-hybridized carbons (Fsp3) is 0.375. The molecule has 0 aliphatic carbocycles. The maximum atomic E-state index is 12.6.